The van der Waals surface area contributed by atoms with Crippen molar-refractivity contribution in [2.75, 3.05) is 5.32 Å². The van der Waals surface area contributed by atoms with Gasteiger partial charge >= 0.3 is 18.0 Å². The maximum Gasteiger partial charge on any atom is 0.462 e. The molecule has 0 bridgehead atoms. The lowest BCUT2D eigenvalue weighted by Crippen LogP contribution is -2.72. The van der Waals surface area contributed by atoms with Gasteiger partial charge in [-0.05, 0) is 25.1 Å². The number of rotatable bonds is 4. The average molecular weight is 379 g/mol. The molecule has 0 radical (unpaired) electrons. The quantitative estimate of drug-likeness (QED) is 0.634. The third-order valence-electron chi connectivity index (χ3n) is 3.34. The van der Waals surface area contributed by atoms with Gasteiger partial charge in [-0.15, -0.1) is 0 Å². The average Bonchev–Trinajstić information content (AvgIpc) is 2.53. The molecule has 0 spiro atoms. The smallest absolute Gasteiger partial charge is 0.296 e. The number of carbonyl (C=O) groups is 1. The number of nitrogens with one attached hydrogen (secondary N) is 3. The molecule has 140 valence electrons. The van der Waals surface area contributed by atoms with Crippen LogP contribution in [0.25, 0.3) is 0 Å². The largest absolute Gasteiger partial charge is 0.462 e. The predicted molar refractivity (Wildman–Crippen MR) is 77.9 cm³/mol. The number of aryl methyl sites for hydroxylation is 1. The van der Waals surface area contributed by atoms with Crippen LogP contribution in [0, 0.1) is 6.92 Å². The Balaban J connectivity index is 2.51. The maximum absolute atomic E-state index is 13.5. The molecule has 2 aromatic rings. The van der Waals surface area contributed by atoms with E-state index in [2.05, 4.69) is 9.97 Å². The highest BCUT2D eigenvalue weighted by Crippen LogP contribution is 2.43. The monoisotopic (exact) mass is 379 g/mol. The van der Waals surface area contributed by atoms with Crippen LogP contribution >= 0.6 is 0 Å². The summed E-state index contributed by atoms with van der Waals surface area (Å²) in [5.41, 5.74) is -4.86. The van der Waals surface area contributed by atoms with Crippen LogP contribution in [0.2, 0.25) is 0 Å². The summed E-state index contributed by atoms with van der Waals surface area (Å²) in [6.45, 7) is 1.45. The van der Waals surface area contributed by atoms with Gasteiger partial charge in [-0.25, -0.2) is 10.3 Å². The van der Waals surface area contributed by atoms with E-state index in [1.165, 1.54) is 36.6 Å². The summed E-state index contributed by atoms with van der Waals surface area (Å²) in [6.07, 6.45) is -9.73. The molecule has 3 N–H and O–H groups in total. The number of anilines is 1. The van der Waals surface area contributed by atoms with Gasteiger partial charge < -0.3 is 0 Å². The number of halogens is 6. The molecule has 0 aromatic carbocycles. The van der Waals surface area contributed by atoms with E-state index in [1.54, 1.807) is 0 Å². The summed E-state index contributed by atoms with van der Waals surface area (Å²) < 4.78 is 81.0. The van der Waals surface area contributed by atoms with Crippen LogP contribution in [0.1, 0.15) is 16.1 Å². The lowest BCUT2D eigenvalue weighted by molar-refractivity contribution is -0.376. The summed E-state index contributed by atoms with van der Waals surface area (Å²) >= 11 is 0. The molecule has 11 heteroatoms. The van der Waals surface area contributed by atoms with E-state index in [1.807, 2.05) is 0 Å². The fraction of sp³-hybridized carbons (Fsp3) is 0.267. The van der Waals surface area contributed by atoms with Gasteiger partial charge in [0.15, 0.2) is 0 Å². The van der Waals surface area contributed by atoms with E-state index in [-0.39, 0.29) is 0 Å². The van der Waals surface area contributed by atoms with Crippen molar-refractivity contribution in [3.8, 4) is 0 Å². The van der Waals surface area contributed by atoms with Crippen LogP contribution in [0.4, 0.5) is 32.2 Å². The molecule has 2 aromatic heterocycles. The van der Waals surface area contributed by atoms with Gasteiger partial charge in [0.05, 0.1) is 11.3 Å². The van der Waals surface area contributed by atoms with Crippen LogP contribution in [0.15, 0.2) is 42.7 Å². The number of aromatic amines is 1. The SMILES string of the molecule is Cc1cccc(NC(NC(=O)c2cccnc2)(C(F)(F)F)C(F)(F)F)[nH+]1. The van der Waals surface area contributed by atoms with Crippen LogP contribution in [-0.4, -0.2) is 28.9 Å². The van der Waals surface area contributed by atoms with Crippen molar-refractivity contribution in [1.82, 2.24) is 10.3 Å². The Morgan fingerprint density at radius 3 is 2.19 bits per heavy atom. The van der Waals surface area contributed by atoms with Gasteiger partial charge in [0.2, 0.25) is 0 Å². The minimum Gasteiger partial charge on any atom is -0.296 e. The highest BCUT2D eigenvalue weighted by Gasteiger charge is 2.76. The molecule has 5 nitrogen and oxygen atoms in total. The molecule has 0 unspecified atom stereocenters. The lowest BCUT2D eigenvalue weighted by atomic mass is 10.1. The third kappa shape index (κ3) is 3.86. The first-order chi connectivity index (χ1) is 12.0. The molecule has 0 atom stereocenters. The summed E-state index contributed by atoms with van der Waals surface area (Å²) in [4.78, 5) is 17.9. The van der Waals surface area contributed by atoms with Crippen molar-refractivity contribution in [2.45, 2.75) is 24.9 Å². The Morgan fingerprint density at radius 1 is 1.04 bits per heavy atom. The zero-order valence-corrected chi connectivity index (χ0v) is 13.2. The first-order valence-corrected chi connectivity index (χ1v) is 7.09. The first kappa shape index (κ1) is 19.5. The normalized spacial score (nSPS) is 12.6. The number of H-pyrrole nitrogens is 1. The molecule has 2 heterocycles. The van der Waals surface area contributed by atoms with Gasteiger partial charge in [0, 0.05) is 18.5 Å². The minimum atomic E-state index is -5.90. The summed E-state index contributed by atoms with van der Waals surface area (Å²) in [7, 11) is 0. The van der Waals surface area contributed by atoms with Crippen molar-refractivity contribution in [2.24, 2.45) is 0 Å². The Kier molecular flexibility index (Phi) is 5.10. The Morgan fingerprint density at radius 2 is 1.69 bits per heavy atom. The van der Waals surface area contributed by atoms with Crippen LogP contribution in [0.3, 0.4) is 0 Å². The molecule has 0 fully saturated rings. The lowest BCUT2D eigenvalue weighted by Gasteiger charge is -2.34. The molecule has 0 aliphatic rings. The molecule has 0 saturated heterocycles. The number of aromatic nitrogens is 2. The number of hydrogen-bond acceptors (Lipinski definition) is 3. The second-order valence-electron chi connectivity index (χ2n) is 5.31. The van der Waals surface area contributed by atoms with E-state index in [0.717, 1.165) is 23.6 Å². The molecular formula is C15H13F6N4O+. The Labute approximate surface area is 143 Å². The molecule has 26 heavy (non-hydrogen) atoms. The number of pyridine rings is 2. The summed E-state index contributed by atoms with van der Waals surface area (Å²) in [5.74, 6) is -2.17. The molecule has 2 rings (SSSR count). The van der Waals surface area contributed by atoms with Crippen LogP contribution in [-0.2, 0) is 0 Å². The van der Waals surface area contributed by atoms with Gasteiger partial charge in [0.25, 0.3) is 11.7 Å². The van der Waals surface area contributed by atoms with Crippen molar-refractivity contribution >= 4 is 11.7 Å². The third-order valence-corrected chi connectivity index (χ3v) is 3.34. The molecule has 1 amide bonds. The summed E-state index contributed by atoms with van der Waals surface area (Å²) in [6, 6.07) is 5.94. The van der Waals surface area contributed by atoms with Crippen molar-refractivity contribution in [3.05, 3.63) is 54.0 Å². The van der Waals surface area contributed by atoms with E-state index in [0.29, 0.717) is 5.69 Å². The van der Waals surface area contributed by atoms with Gasteiger partial charge in [0.1, 0.15) is 0 Å². The summed E-state index contributed by atoms with van der Waals surface area (Å²) in [5, 5.41) is 2.39. The van der Waals surface area contributed by atoms with Crippen LogP contribution < -0.4 is 15.6 Å². The number of amides is 1. The zero-order chi connectivity index (χ0) is 19.6. The van der Waals surface area contributed by atoms with Crippen molar-refractivity contribution in [1.29, 1.82) is 0 Å². The van der Waals surface area contributed by atoms with E-state index in [4.69, 9.17) is 0 Å². The topological polar surface area (TPSA) is 68.2 Å². The standard InChI is InChI=1S/C15H12F6N4O/c1-9-4-2-6-11(23-9)24-13(14(16,17)18,15(19,20)21)25-12(26)10-5-3-7-22-8-10/h2-8H,1H3,(H,23,24)(H,25,26)/p+1. The van der Waals surface area contributed by atoms with Gasteiger partial charge in [-0.2, -0.15) is 26.3 Å². The first-order valence-electron chi connectivity index (χ1n) is 7.09. The Bertz CT molecular complexity index is 762. The fourth-order valence-electron chi connectivity index (χ4n) is 2.07. The maximum atomic E-state index is 13.5. The highest BCUT2D eigenvalue weighted by atomic mass is 19.4. The van der Waals surface area contributed by atoms with E-state index >= 15 is 0 Å². The number of alkyl halides is 6. The Hall–Kier alpha value is -2.85. The van der Waals surface area contributed by atoms with Crippen molar-refractivity contribution < 1.29 is 36.1 Å². The van der Waals surface area contributed by atoms with Gasteiger partial charge in [-0.1, -0.05) is 6.07 Å². The number of nitrogens with zero attached hydrogens (tertiary/aromatic N) is 1. The fourth-order valence-corrected chi connectivity index (χ4v) is 2.07. The molecule has 0 aliphatic carbocycles. The number of carbonyl (C=O) groups excluding carboxylic acids is 1. The van der Waals surface area contributed by atoms with Crippen LogP contribution in [0.5, 0.6) is 0 Å². The molecule has 0 saturated carbocycles. The number of hydrogen-bond donors (Lipinski definition) is 2. The second kappa shape index (κ2) is 6.81. The minimum absolute atomic E-state index is 0.312. The van der Waals surface area contributed by atoms with E-state index in [9.17, 15) is 31.1 Å². The van der Waals surface area contributed by atoms with Gasteiger partial charge in [-0.3, -0.25) is 15.1 Å². The molecule has 0 aliphatic heterocycles. The van der Waals surface area contributed by atoms with Crippen molar-refractivity contribution in [3.63, 3.8) is 0 Å². The predicted octanol–water partition coefficient (Wildman–Crippen LogP) is 2.87. The van der Waals surface area contributed by atoms with E-state index < -0.39 is 35.3 Å². The highest BCUT2D eigenvalue weighted by molar-refractivity contribution is 5.94. The zero-order valence-electron chi connectivity index (χ0n) is 13.2. The second-order valence-corrected chi connectivity index (χ2v) is 5.31. The molecular weight excluding hydrogens is 366 g/mol.